The third kappa shape index (κ3) is 3.46. The van der Waals surface area contributed by atoms with Gasteiger partial charge in [-0.25, -0.2) is 4.57 Å². The van der Waals surface area contributed by atoms with Crippen LogP contribution in [0.2, 0.25) is 0 Å². The maximum absolute atomic E-state index is 9.79. The van der Waals surface area contributed by atoms with Gasteiger partial charge in [-0.1, -0.05) is 71.7 Å². The molecule has 4 nitrogen and oxygen atoms in total. The molecule has 0 unspecified atom stereocenters. The van der Waals surface area contributed by atoms with Crippen molar-refractivity contribution in [2.45, 2.75) is 6.92 Å². The van der Waals surface area contributed by atoms with Crippen LogP contribution >= 0.6 is 0 Å². The summed E-state index contributed by atoms with van der Waals surface area (Å²) in [5, 5.41) is 11.7. The van der Waals surface area contributed by atoms with Gasteiger partial charge in [-0.15, -0.1) is 0 Å². The van der Waals surface area contributed by atoms with Crippen molar-refractivity contribution < 1.29 is 8.98 Å². The molecule has 0 N–H and O–H groups in total. The summed E-state index contributed by atoms with van der Waals surface area (Å²) < 4.78 is 8.63. The van der Waals surface area contributed by atoms with Crippen LogP contribution < -0.4 is 4.57 Å². The van der Waals surface area contributed by atoms with Crippen molar-refractivity contribution in [1.82, 2.24) is 4.98 Å². The molecule has 0 aliphatic carbocycles. The second kappa shape index (κ2) is 8.23. The summed E-state index contributed by atoms with van der Waals surface area (Å²) in [6.07, 6.45) is 3.59. The monoisotopic (exact) mass is 452 g/mol. The summed E-state index contributed by atoms with van der Waals surface area (Å²) in [5.74, 6) is 0. The summed E-state index contributed by atoms with van der Waals surface area (Å²) in [5.41, 5.74) is 9.64. The number of hydrogen-bond acceptors (Lipinski definition) is 3. The van der Waals surface area contributed by atoms with Crippen LogP contribution in [0.1, 0.15) is 11.1 Å². The van der Waals surface area contributed by atoms with E-state index in [1.807, 2.05) is 48.0 Å². The fourth-order valence-corrected chi connectivity index (χ4v) is 4.80. The van der Waals surface area contributed by atoms with Crippen molar-refractivity contribution >= 4 is 21.9 Å². The number of benzene rings is 4. The van der Waals surface area contributed by atoms with E-state index in [1.54, 1.807) is 12.5 Å². The van der Waals surface area contributed by atoms with Crippen LogP contribution in [-0.4, -0.2) is 4.98 Å². The van der Waals surface area contributed by atoms with Crippen molar-refractivity contribution in [1.29, 1.82) is 5.26 Å². The first kappa shape index (κ1) is 20.8. The average molecular weight is 453 g/mol. The Bertz CT molecular complexity index is 1760. The number of nitrogens with zero attached hydrogens (tertiary/aromatic N) is 3. The van der Waals surface area contributed by atoms with Gasteiger partial charge in [-0.05, 0) is 41.3 Å². The Morgan fingerprint density at radius 2 is 1.54 bits per heavy atom. The molecule has 0 aliphatic heterocycles. The molecular formula is C31H22N3O+. The smallest absolute Gasteiger partial charge is 0.286 e. The molecule has 0 aliphatic rings. The van der Waals surface area contributed by atoms with Gasteiger partial charge >= 0.3 is 0 Å². The van der Waals surface area contributed by atoms with Crippen molar-refractivity contribution in [2.75, 3.05) is 0 Å². The van der Waals surface area contributed by atoms with Gasteiger partial charge in [0, 0.05) is 22.4 Å². The number of hydrogen-bond donors (Lipinski definition) is 0. The van der Waals surface area contributed by atoms with Crippen LogP contribution in [0.25, 0.3) is 55.4 Å². The van der Waals surface area contributed by atoms with Crippen molar-refractivity contribution in [3.05, 3.63) is 109 Å². The third-order valence-corrected chi connectivity index (χ3v) is 6.58. The molecule has 0 spiro atoms. The fraction of sp³-hybridized carbons (Fsp3) is 0.0645. The first-order valence-corrected chi connectivity index (χ1v) is 11.5. The second-order valence-corrected chi connectivity index (χ2v) is 8.77. The number of rotatable bonds is 3. The molecule has 4 aromatic carbocycles. The molecule has 0 saturated heterocycles. The van der Waals surface area contributed by atoms with Crippen molar-refractivity contribution in [3.8, 4) is 39.6 Å². The van der Waals surface area contributed by atoms with Gasteiger partial charge in [0.2, 0.25) is 0 Å². The van der Waals surface area contributed by atoms with Crippen LogP contribution in [0.5, 0.6) is 0 Å². The SMILES string of the molecule is Cc1ccc2c(oc3c(-c4ccc(-c5ccccc5)cc4)cc(C#N)cc32)c1-c1ccnc[n+]1C. The topological polar surface area (TPSA) is 53.7 Å². The highest BCUT2D eigenvalue weighted by atomic mass is 16.3. The Hall–Kier alpha value is -4.75. The molecule has 0 saturated carbocycles. The zero-order valence-electron chi connectivity index (χ0n) is 19.5. The summed E-state index contributed by atoms with van der Waals surface area (Å²) in [6.45, 7) is 2.09. The number of furan rings is 1. The summed E-state index contributed by atoms with van der Waals surface area (Å²) >= 11 is 0. The lowest BCUT2D eigenvalue weighted by atomic mass is 9.96. The van der Waals surface area contributed by atoms with Crippen molar-refractivity contribution in [2.24, 2.45) is 7.05 Å². The first-order chi connectivity index (χ1) is 17.1. The minimum absolute atomic E-state index is 0.610. The normalized spacial score (nSPS) is 11.1. The predicted molar refractivity (Wildman–Crippen MR) is 138 cm³/mol. The van der Waals surface area contributed by atoms with Gasteiger partial charge in [-0.2, -0.15) is 5.26 Å². The zero-order valence-corrected chi connectivity index (χ0v) is 19.5. The minimum atomic E-state index is 0.610. The van der Waals surface area contributed by atoms with Crippen LogP contribution in [0.3, 0.4) is 0 Å². The number of aryl methyl sites for hydroxylation is 2. The average Bonchev–Trinajstić information content (AvgIpc) is 3.28. The van der Waals surface area contributed by atoms with E-state index in [0.29, 0.717) is 5.56 Å². The van der Waals surface area contributed by atoms with Gasteiger partial charge < -0.3 is 4.42 Å². The highest BCUT2D eigenvalue weighted by Gasteiger charge is 2.21. The van der Waals surface area contributed by atoms with E-state index in [-0.39, 0.29) is 0 Å². The lowest BCUT2D eigenvalue weighted by Crippen LogP contribution is -2.31. The van der Waals surface area contributed by atoms with E-state index in [4.69, 9.17) is 4.42 Å². The van der Waals surface area contributed by atoms with Gasteiger partial charge in [-0.3, -0.25) is 0 Å². The van der Waals surface area contributed by atoms with Gasteiger partial charge in [0.15, 0.2) is 0 Å². The fourth-order valence-electron chi connectivity index (χ4n) is 4.80. The highest BCUT2D eigenvalue weighted by molar-refractivity contribution is 6.13. The molecule has 0 atom stereocenters. The maximum Gasteiger partial charge on any atom is 0.286 e. The van der Waals surface area contributed by atoms with E-state index >= 15 is 0 Å². The second-order valence-electron chi connectivity index (χ2n) is 8.77. The van der Waals surface area contributed by atoms with Crippen LogP contribution in [0.15, 0.2) is 102 Å². The molecular weight excluding hydrogens is 430 g/mol. The van der Waals surface area contributed by atoms with Crippen molar-refractivity contribution in [3.63, 3.8) is 0 Å². The molecule has 0 amide bonds. The Morgan fingerprint density at radius 1 is 0.800 bits per heavy atom. The highest BCUT2D eigenvalue weighted by Crippen LogP contribution is 2.41. The summed E-state index contributed by atoms with van der Waals surface area (Å²) in [6, 6.07) is 31.1. The van der Waals surface area contributed by atoms with E-state index in [0.717, 1.165) is 55.4 Å². The Labute approximate surface area is 203 Å². The Balaban J connectivity index is 1.61. The lowest BCUT2D eigenvalue weighted by molar-refractivity contribution is -0.663. The first-order valence-electron chi connectivity index (χ1n) is 11.5. The minimum Gasteiger partial charge on any atom is -0.455 e. The van der Waals surface area contributed by atoms with Crippen LogP contribution in [0, 0.1) is 18.3 Å². The molecule has 35 heavy (non-hydrogen) atoms. The van der Waals surface area contributed by atoms with Gasteiger partial charge in [0.05, 0.1) is 24.2 Å². The number of aromatic nitrogens is 2. The van der Waals surface area contributed by atoms with E-state index in [9.17, 15) is 5.26 Å². The van der Waals surface area contributed by atoms with E-state index < -0.39 is 0 Å². The van der Waals surface area contributed by atoms with E-state index in [2.05, 4.69) is 66.5 Å². The van der Waals surface area contributed by atoms with Gasteiger partial charge in [0.1, 0.15) is 23.1 Å². The molecule has 0 radical (unpaired) electrons. The standard InChI is InChI=1S/C31H22N3O/c1-20-8-13-25-27-17-21(18-32)16-26(24-11-9-23(10-12-24)22-6-4-3-5-7-22)30(27)35-31(25)29(20)28-14-15-33-19-34(28)2/h3-17,19H,1-2H3/q+1. The Kier molecular flexibility index (Phi) is 4.90. The van der Waals surface area contributed by atoms with Crippen LogP contribution in [0.4, 0.5) is 0 Å². The maximum atomic E-state index is 9.79. The molecule has 4 heteroatoms. The molecule has 2 heterocycles. The summed E-state index contributed by atoms with van der Waals surface area (Å²) in [4.78, 5) is 4.22. The molecule has 0 fully saturated rings. The molecule has 6 aromatic rings. The zero-order chi connectivity index (χ0) is 23.9. The Morgan fingerprint density at radius 3 is 2.29 bits per heavy atom. The molecule has 0 bridgehead atoms. The predicted octanol–water partition coefficient (Wildman–Crippen LogP) is 6.99. The van der Waals surface area contributed by atoms with E-state index in [1.165, 1.54) is 5.56 Å². The lowest BCUT2D eigenvalue weighted by Gasteiger charge is -2.07. The molecule has 2 aromatic heterocycles. The molecule has 6 rings (SSSR count). The van der Waals surface area contributed by atoms with Gasteiger partial charge in [0.25, 0.3) is 6.33 Å². The van der Waals surface area contributed by atoms with Crippen LogP contribution in [-0.2, 0) is 7.05 Å². The number of nitriles is 1. The third-order valence-electron chi connectivity index (χ3n) is 6.58. The largest absolute Gasteiger partial charge is 0.455 e. The quantitative estimate of drug-likeness (QED) is 0.272. The summed E-state index contributed by atoms with van der Waals surface area (Å²) in [7, 11) is 1.98. The number of fused-ring (bicyclic) bond motifs is 3. The molecule has 166 valence electrons.